The minimum Gasteiger partial charge on any atom is -0.357 e. The molecule has 2 rings (SSSR count). The molecule has 1 aromatic carbocycles. The SMILES string of the molecule is CCNC(=NCc1ccc(Cl)cc1)NCC1CCCN(CC)C1. The molecule has 1 unspecified atom stereocenters. The van der Waals surface area contributed by atoms with Gasteiger partial charge >= 0.3 is 0 Å². The highest BCUT2D eigenvalue weighted by molar-refractivity contribution is 6.30. The molecule has 1 atom stereocenters. The van der Waals surface area contributed by atoms with E-state index in [0.717, 1.165) is 30.6 Å². The molecular formula is C18H29ClN4. The van der Waals surface area contributed by atoms with Crippen LogP contribution in [-0.4, -0.2) is 43.6 Å². The highest BCUT2D eigenvalue weighted by Gasteiger charge is 2.18. The fourth-order valence-electron chi connectivity index (χ4n) is 2.95. The number of guanidine groups is 1. The first-order chi connectivity index (χ1) is 11.2. The summed E-state index contributed by atoms with van der Waals surface area (Å²) in [5.41, 5.74) is 1.17. The van der Waals surface area contributed by atoms with Gasteiger partial charge in [-0.15, -0.1) is 0 Å². The molecule has 2 N–H and O–H groups in total. The van der Waals surface area contributed by atoms with Gasteiger partial charge in [-0.05, 0) is 56.5 Å². The Bertz CT molecular complexity index is 486. The number of likely N-dealkylation sites (tertiary alicyclic amines) is 1. The number of rotatable bonds is 6. The smallest absolute Gasteiger partial charge is 0.191 e. The molecule has 1 saturated heterocycles. The van der Waals surface area contributed by atoms with E-state index in [1.807, 2.05) is 24.3 Å². The fraction of sp³-hybridized carbons (Fsp3) is 0.611. The molecule has 1 heterocycles. The summed E-state index contributed by atoms with van der Waals surface area (Å²) in [7, 11) is 0. The number of benzene rings is 1. The molecule has 0 aromatic heterocycles. The van der Waals surface area contributed by atoms with E-state index < -0.39 is 0 Å². The Balaban J connectivity index is 1.85. The lowest BCUT2D eigenvalue weighted by atomic mass is 9.98. The number of piperidine rings is 1. The number of aliphatic imine (C=N–C) groups is 1. The maximum Gasteiger partial charge on any atom is 0.191 e. The Morgan fingerprint density at radius 1 is 1.26 bits per heavy atom. The van der Waals surface area contributed by atoms with Gasteiger partial charge in [0.1, 0.15) is 0 Å². The zero-order chi connectivity index (χ0) is 16.5. The van der Waals surface area contributed by atoms with Crippen LogP contribution < -0.4 is 10.6 Å². The summed E-state index contributed by atoms with van der Waals surface area (Å²) in [6.07, 6.45) is 2.61. The van der Waals surface area contributed by atoms with Gasteiger partial charge < -0.3 is 15.5 Å². The van der Waals surface area contributed by atoms with Crippen LogP contribution in [-0.2, 0) is 6.54 Å². The first-order valence-electron chi connectivity index (χ1n) is 8.70. The lowest BCUT2D eigenvalue weighted by Crippen LogP contribution is -2.44. The van der Waals surface area contributed by atoms with Crippen LogP contribution in [0.25, 0.3) is 0 Å². The van der Waals surface area contributed by atoms with Crippen LogP contribution in [0.1, 0.15) is 32.3 Å². The highest BCUT2D eigenvalue weighted by atomic mass is 35.5. The van der Waals surface area contributed by atoms with Crippen molar-refractivity contribution in [1.82, 2.24) is 15.5 Å². The topological polar surface area (TPSA) is 39.7 Å². The van der Waals surface area contributed by atoms with Gasteiger partial charge in [0, 0.05) is 24.7 Å². The third-order valence-electron chi connectivity index (χ3n) is 4.29. The van der Waals surface area contributed by atoms with Crippen molar-refractivity contribution in [3.63, 3.8) is 0 Å². The van der Waals surface area contributed by atoms with Crippen LogP contribution in [0.5, 0.6) is 0 Å². The minimum absolute atomic E-state index is 0.665. The van der Waals surface area contributed by atoms with Crippen LogP contribution >= 0.6 is 11.6 Å². The Morgan fingerprint density at radius 2 is 2.04 bits per heavy atom. The van der Waals surface area contributed by atoms with Crippen molar-refractivity contribution in [2.75, 3.05) is 32.7 Å². The van der Waals surface area contributed by atoms with Crippen molar-refractivity contribution in [2.45, 2.75) is 33.2 Å². The first kappa shape index (κ1) is 18.1. The van der Waals surface area contributed by atoms with Gasteiger partial charge in [0.2, 0.25) is 0 Å². The standard InChI is InChI=1S/C18H29ClN4/c1-3-20-18(21-12-15-7-9-17(19)10-8-15)22-13-16-6-5-11-23(4-2)14-16/h7-10,16H,3-6,11-14H2,1-2H3,(H2,20,21,22). The molecule has 1 aliphatic heterocycles. The first-order valence-corrected chi connectivity index (χ1v) is 9.08. The van der Waals surface area contributed by atoms with Crippen molar-refractivity contribution < 1.29 is 0 Å². The third kappa shape index (κ3) is 6.40. The van der Waals surface area contributed by atoms with Gasteiger partial charge in [0.25, 0.3) is 0 Å². The summed E-state index contributed by atoms with van der Waals surface area (Å²) in [6.45, 7) is 10.5. The number of halogens is 1. The molecule has 0 aliphatic carbocycles. The second-order valence-electron chi connectivity index (χ2n) is 6.10. The van der Waals surface area contributed by atoms with Crippen molar-refractivity contribution in [2.24, 2.45) is 10.9 Å². The lowest BCUT2D eigenvalue weighted by Gasteiger charge is -2.32. The van der Waals surface area contributed by atoms with E-state index in [1.165, 1.54) is 31.5 Å². The predicted octanol–water partition coefficient (Wildman–Crippen LogP) is 3.13. The van der Waals surface area contributed by atoms with Crippen LogP contribution in [0.4, 0.5) is 0 Å². The molecule has 128 valence electrons. The summed E-state index contributed by atoms with van der Waals surface area (Å²) in [5.74, 6) is 1.61. The Kier molecular flexibility index (Phi) is 7.69. The Labute approximate surface area is 145 Å². The van der Waals surface area contributed by atoms with Crippen molar-refractivity contribution in [1.29, 1.82) is 0 Å². The third-order valence-corrected chi connectivity index (χ3v) is 4.54. The maximum atomic E-state index is 5.92. The molecule has 1 aromatic rings. The van der Waals surface area contributed by atoms with Crippen LogP contribution in [0.2, 0.25) is 5.02 Å². The highest BCUT2D eigenvalue weighted by Crippen LogP contribution is 2.15. The van der Waals surface area contributed by atoms with E-state index in [-0.39, 0.29) is 0 Å². The van der Waals surface area contributed by atoms with Gasteiger partial charge in [-0.25, -0.2) is 4.99 Å². The Hall–Kier alpha value is -1.26. The maximum absolute atomic E-state index is 5.92. The summed E-state index contributed by atoms with van der Waals surface area (Å²) in [6, 6.07) is 7.87. The normalized spacial score (nSPS) is 19.6. The zero-order valence-corrected chi connectivity index (χ0v) is 15.1. The molecule has 0 bridgehead atoms. The quantitative estimate of drug-likeness (QED) is 0.619. The summed E-state index contributed by atoms with van der Waals surface area (Å²) >= 11 is 5.92. The van der Waals surface area contributed by atoms with E-state index >= 15 is 0 Å². The van der Waals surface area contributed by atoms with Crippen LogP contribution in [0.3, 0.4) is 0 Å². The molecule has 5 heteroatoms. The second kappa shape index (κ2) is 9.78. The predicted molar refractivity (Wildman–Crippen MR) is 99.1 cm³/mol. The van der Waals surface area contributed by atoms with Crippen molar-refractivity contribution >= 4 is 17.6 Å². The van der Waals surface area contributed by atoms with Gasteiger partial charge in [0.05, 0.1) is 6.54 Å². The van der Waals surface area contributed by atoms with Crippen molar-refractivity contribution in [3.05, 3.63) is 34.9 Å². The second-order valence-corrected chi connectivity index (χ2v) is 6.54. The van der Waals surface area contributed by atoms with E-state index in [0.29, 0.717) is 12.5 Å². The average molecular weight is 337 g/mol. The molecular weight excluding hydrogens is 308 g/mol. The molecule has 0 radical (unpaired) electrons. The van der Waals surface area contributed by atoms with Gasteiger partial charge in [-0.1, -0.05) is 30.7 Å². The van der Waals surface area contributed by atoms with Crippen LogP contribution in [0, 0.1) is 5.92 Å². The molecule has 0 saturated carbocycles. The van der Waals surface area contributed by atoms with Crippen molar-refractivity contribution in [3.8, 4) is 0 Å². The molecule has 1 aliphatic rings. The van der Waals surface area contributed by atoms with Gasteiger partial charge in [0.15, 0.2) is 5.96 Å². The monoisotopic (exact) mass is 336 g/mol. The lowest BCUT2D eigenvalue weighted by molar-refractivity contribution is 0.183. The number of nitrogens with zero attached hydrogens (tertiary/aromatic N) is 2. The molecule has 0 spiro atoms. The molecule has 0 amide bonds. The van der Waals surface area contributed by atoms with E-state index in [2.05, 4.69) is 34.4 Å². The Morgan fingerprint density at radius 3 is 2.74 bits per heavy atom. The average Bonchev–Trinajstić information content (AvgIpc) is 2.59. The van der Waals surface area contributed by atoms with Crippen LogP contribution in [0.15, 0.2) is 29.3 Å². The number of hydrogen-bond donors (Lipinski definition) is 2. The fourth-order valence-corrected chi connectivity index (χ4v) is 3.07. The number of nitrogens with one attached hydrogen (secondary N) is 2. The largest absolute Gasteiger partial charge is 0.357 e. The van der Waals surface area contributed by atoms with Gasteiger partial charge in [-0.3, -0.25) is 0 Å². The summed E-state index contributed by atoms with van der Waals surface area (Å²) in [5, 5.41) is 7.60. The van der Waals surface area contributed by atoms with E-state index in [4.69, 9.17) is 11.6 Å². The minimum atomic E-state index is 0.665. The molecule has 4 nitrogen and oxygen atoms in total. The molecule has 23 heavy (non-hydrogen) atoms. The summed E-state index contributed by atoms with van der Waals surface area (Å²) in [4.78, 5) is 7.21. The van der Waals surface area contributed by atoms with E-state index in [1.54, 1.807) is 0 Å². The van der Waals surface area contributed by atoms with Gasteiger partial charge in [-0.2, -0.15) is 0 Å². The zero-order valence-electron chi connectivity index (χ0n) is 14.3. The molecule has 1 fully saturated rings. The summed E-state index contributed by atoms with van der Waals surface area (Å²) < 4.78 is 0. The number of hydrogen-bond acceptors (Lipinski definition) is 2. The van der Waals surface area contributed by atoms with E-state index in [9.17, 15) is 0 Å².